The van der Waals surface area contributed by atoms with E-state index < -0.39 is 0 Å². The molecule has 1 heterocycles. The molecule has 4 rings (SSSR count). The number of aryl methyl sites for hydroxylation is 1. The van der Waals surface area contributed by atoms with Crippen molar-refractivity contribution in [2.45, 2.75) is 25.5 Å². The maximum absolute atomic E-state index is 12.5. The molecule has 1 N–H and O–H groups in total. The first-order chi connectivity index (χ1) is 14.1. The van der Waals surface area contributed by atoms with Crippen LogP contribution in [0.4, 0.5) is 5.69 Å². The summed E-state index contributed by atoms with van der Waals surface area (Å²) in [5, 5.41) is 14.6. The number of nitrogens with zero attached hydrogens (tertiary/aromatic N) is 3. The maximum Gasteiger partial charge on any atom is 0.234 e. The molecule has 0 spiro atoms. The molecule has 0 saturated heterocycles. The van der Waals surface area contributed by atoms with Crippen LogP contribution in [0.25, 0.3) is 22.2 Å². The Kier molecular flexibility index (Phi) is 5.62. The Bertz CT molecular complexity index is 1170. The van der Waals surface area contributed by atoms with Gasteiger partial charge in [0.1, 0.15) is 0 Å². The fraction of sp³-hybridized carbons (Fsp3) is 0.174. The van der Waals surface area contributed by atoms with E-state index in [0.29, 0.717) is 0 Å². The molecule has 0 unspecified atom stereocenters. The molecule has 0 saturated carbocycles. The standard InChI is InChI=1S/C23H22N4OS/c1-3-27-22(19-10-6-7-16(2)13-19)25-26-23(27)29-15-21(28)24-20-12-11-17-8-4-5-9-18(17)14-20/h4-14H,3,15H2,1-2H3,(H,24,28). The van der Waals surface area contributed by atoms with E-state index in [4.69, 9.17) is 0 Å². The smallest absolute Gasteiger partial charge is 0.234 e. The predicted molar refractivity (Wildman–Crippen MR) is 119 cm³/mol. The van der Waals surface area contributed by atoms with Gasteiger partial charge in [0.15, 0.2) is 11.0 Å². The Morgan fingerprint density at radius 2 is 1.83 bits per heavy atom. The van der Waals surface area contributed by atoms with Crippen LogP contribution >= 0.6 is 11.8 Å². The predicted octanol–water partition coefficient (Wildman–Crippen LogP) is 5.16. The van der Waals surface area contributed by atoms with Crippen molar-refractivity contribution in [2.75, 3.05) is 11.1 Å². The summed E-state index contributed by atoms with van der Waals surface area (Å²) in [7, 11) is 0. The molecular weight excluding hydrogens is 380 g/mol. The minimum atomic E-state index is -0.0620. The van der Waals surface area contributed by atoms with Gasteiger partial charge >= 0.3 is 0 Å². The number of rotatable bonds is 6. The van der Waals surface area contributed by atoms with E-state index in [2.05, 4.69) is 47.6 Å². The quantitative estimate of drug-likeness (QED) is 0.453. The zero-order chi connectivity index (χ0) is 20.2. The average Bonchev–Trinajstić information content (AvgIpc) is 3.15. The van der Waals surface area contributed by atoms with Gasteiger partial charge in [-0.25, -0.2) is 0 Å². The molecule has 6 heteroatoms. The van der Waals surface area contributed by atoms with E-state index in [1.165, 1.54) is 17.3 Å². The van der Waals surface area contributed by atoms with Gasteiger partial charge in [0.25, 0.3) is 0 Å². The van der Waals surface area contributed by atoms with E-state index in [1.54, 1.807) is 0 Å². The topological polar surface area (TPSA) is 59.8 Å². The number of aromatic nitrogens is 3. The lowest BCUT2D eigenvalue weighted by atomic mass is 10.1. The number of amides is 1. The molecule has 4 aromatic rings. The van der Waals surface area contributed by atoms with Crippen molar-refractivity contribution >= 4 is 34.1 Å². The van der Waals surface area contributed by atoms with Crippen LogP contribution < -0.4 is 5.32 Å². The number of thioether (sulfide) groups is 1. The van der Waals surface area contributed by atoms with Crippen LogP contribution in [0, 0.1) is 6.92 Å². The molecule has 5 nitrogen and oxygen atoms in total. The second kappa shape index (κ2) is 8.49. The molecule has 1 amide bonds. The zero-order valence-electron chi connectivity index (χ0n) is 16.4. The van der Waals surface area contributed by atoms with E-state index in [9.17, 15) is 4.79 Å². The van der Waals surface area contributed by atoms with Crippen molar-refractivity contribution in [3.63, 3.8) is 0 Å². The highest BCUT2D eigenvalue weighted by atomic mass is 32.2. The normalized spacial score (nSPS) is 11.0. The third-order valence-corrected chi connectivity index (χ3v) is 5.64. The van der Waals surface area contributed by atoms with Gasteiger partial charge in [0.05, 0.1) is 5.75 Å². The lowest BCUT2D eigenvalue weighted by molar-refractivity contribution is -0.113. The molecule has 0 aliphatic carbocycles. The van der Waals surface area contributed by atoms with Crippen LogP contribution in [0.2, 0.25) is 0 Å². The highest BCUT2D eigenvalue weighted by Gasteiger charge is 2.15. The maximum atomic E-state index is 12.5. The highest BCUT2D eigenvalue weighted by Crippen LogP contribution is 2.25. The first-order valence-corrected chi connectivity index (χ1v) is 10.5. The van der Waals surface area contributed by atoms with E-state index in [1.807, 2.05) is 53.1 Å². The molecule has 3 aromatic carbocycles. The third-order valence-electron chi connectivity index (χ3n) is 4.67. The lowest BCUT2D eigenvalue weighted by Gasteiger charge is -2.09. The summed E-state index contributed by atoms with van der Waals surface area (Å²) in [6, 6.07) is 22.2. The molecule has 29 heavy (non-hydrogen) atoms. The minimum Gasteiger partial charge on any atom is -0.325 e. The van der Waals surface area contributed by atoms with Crippen molar-refractivity contribution in [1.82, 2.24) is 14.8 Å². The Labute approximate surface area is 174 Å². The van der Waals surface area contributed by atoms with Gasteiger partial charge in [-0.3, -0.25) is 4.79 Å². The summed E-state index contributed by atoms with van der Waals surface area (Å²) < 4.78 is 2.04. The summed E-state index contributed by atoms with van der Waals surface area (Å²) in [6.45, 7) is 4.86. The Morgan fingerprint density at radius 1 is 1.00 bits per heavy atom. The van der Waals surface area contributed by atoms with Crippen molar-refractivity contribution in [1.29, 1.82) is 0 Å². The first kappa shape index (κ1) is 19.2. The minimum absolute atomic E-state index is 0.0620. The monoisotopic (exact) mass is 402 g/mol. The molecule has 0 aliphatic rings. The van der Waals surface area contributed by atoms with Crippen LogP contribution in [-0.4, -0.2) is 26.4 Å². The van der Waals surface area contributed by atoms with Crippen LogP contribution in [0.15, 0.2) is 71.9 Å². The Hall–Kier alpha value is -3.12. The van der Waals surface area contributed by atoms with Gasteiger partial charge in [-0.15, -0.1) is 10.2 Å². The van der Waals surface area contributed by atoms with Crippen LogP contribution in [0.3, 0.4) is 0 Å². The molecular formula is C23H22N4OS. The van der Waals surface area contributed by atoms with Gasteiger partial charge in [0.2, 0.25) is 5.91 Å². The SMILES string of the molecule is CCn1c(SCC(=O)Nc2ccc3ccccc3c2)nnc1-c1cccc(C)c1. The number of anilines is 1. The number of hydrogen-bond donors (Lipinski definition) is 1. The molecule has 0 fully saturated rings. The summed E-state index contributed by atoms with van der Waals surface area (Å²) in [6.07, 6.45) is 0. The van der Waals surface area contributed by atoms with E-state index >= 15 is 0 Å². The van der Waals surface area contributed by atoms with Crippen LogP contribution in [0.5, 0.6) is 0 Å². The van der Waals surface area contributed by atoms with E-state index in [0.717, 1.165) is 39.5 Å². The van der Waals surface area contributed by atoms with Crippen molar-refractivity contribution in [2.24, 2.45) is 0 Å². The molecule has 0 bridgehead atoms. The van der Waals surface area contributed by atoms with Gasteiger partial charge in [-0.2, -0.15) is 0 Å². The van der Waals surface area contributed by atoms with Crippen molar-refractivity contribution < 1.29 is 4.79 Å². The van der Waals surface area contributed by atoms with E-state index in [-0.39, 0.29) is 11.7 Å². The van der Waals surface area contributed by atoms with Crippen LogP contribution in [0.1, 0.15) is 12.5 Å². The summed E-state index contributed by atoms with van der Waals surface area (Å²) >= 11 is 1.40. The number of carbonyl (C=O) groups excluding carboxylic acids is 1. The Balaban J connectivity index is 1.45. The molecule has 1 aromatic heterocycles. The molecule has 0 atom stereocenters. The highest BCUT2D eigenvalue weighted by molar-refractivity contribution is 7.99. The summed E-state index contributed by atoms with van der Waals surface area (Å²) in [5.74, 6) is 1.04. The molecule has 146 valence electrons. The second-order valence-electron chi connectivity index (χ2n) is 6.82. The second-order valence-corrected chi connectivity index (χ2v) is 7.76. The average molecular weight is 403 g/mol. The first-order valence-electron chi connectivity index (χ1n) is 9.55. The van der Waals surface area contributed by atoms with Crippen molar-refractivity contribution in [3.8, 4) is 11.4 Å². The van der Waals surface area contributed by atoms with Crippen LogP contribution in [-0.2, 0) is 11.3 Å². The lowest BCUT2D eigenvalue weighted by Crippen LogP contribution is -2.14. The molecule has 0 aliphatic heterocycles. The summed E-state index contributed by atoms with van der Waals surface area (Å²) in [4.78, 5) is 12.5. The van der Waals surface area contributed by atoms with Gasteiger partial charge < -0.3 is 9.88 Å². The fourth-order valence-electron chi connectivity index (χ4n) is 3.27. The fourth-order valence-corrected chi connectivity index (χ4v) is 4.07. The number of nitrogens with one attached hydrogen (secondary N) is 1. The van der Waals surface area contributed by atoms with Gasteiger partial charge in [-0.1, -0.05) is 65.9 Å². The number of carbonyl (C=O) groups is 1. The van der Waals surface area contributed by atoms with Gasteiger partial charge in [-0.05, 0) is 42.8 Å². The number of benzene rings is 3. The largest absolute Gasteiger partial charge is 0.325 e. The summed E-state index contributed by atoms with van der Waals surface area (Å²) in [5.41, 5.74) is 3.01. The zero-order valence-corrected chi connectivity index (χ0v) is 17.2. The number of fused-ring (bicyclic) bond motifs is 1. The molecule has 0 radical (unpaired) electrons. The Morgan fingerprint density at radius 3 is 2.62 bits per heavy atom. The van der Waals surface area contributed by atoms with Crippen molar-refractivity contribution in [3.05, 3.63) is 72.3 Å². The third kappa shape index (κ3) is 4.32. The number of hydrogen-bond acceptors (Lipinski definition) is 4. The van der Waals surface area contributed by atoms with Gasteiger partial charge in [0, 0.05) is 17.8 Å².